The van der Waals surface area contributed by atoms with E-state index >= 15 is 0 Å². The third-order valence-electron chi connectivity index (χ3n) is 5.92. The number of ketones is 2. The van der Waals surface area contributed by atoms with Crippen LogP contribution in [0.2, 0.25) is 0 Å². The molecule has 182 valence electrons. The minimum atomic E-state index is -0.232. The highest BCUT2D eigenvalue weighted by atomic mass is 16.5. The van der Waals surface area contributed by atoms with Crippen LogP contribution in [-0.2, 0) is 6.61 Å². The van der Waals surface area contributed by atoms with Crippen LogP contribution < -0.4 is 4.74 Å². The molecule has 37 heavy (non-hydrogen) atoms. The summed E-state index contributed by atoms with van der Waals surface area (Å²) in [6, 6.07) is 26.7. The molecule has 0 aliphatic carbocycles. The average Bonchev–Trinajstić information content (AvgIpc) is 3.47. The third kappa shape index (κ3) is 4.99. The molecule has 1 heterocycles. The number of aromatic hydroxyl groups is 1. The Morgan fingerprint density at radius 3 is 2.32 bits per heavy atom. The van der Waals surface area contributed by atoms with Crippen LogP contribution in [0.4, 0.5) is 0 Å². The van der Waals surface area contributed by atoms with Gasteiger partial charge in [0, 0.05) is 16.7 Å². The second kappa shape index (κ2) is 10.2. The Kier molecular flexibility index (Phi) is 6.54. The fourth-order valence-corrected chi connectivity index (χ4v) is 4.02. The van der Waals surface area contributed by atoms with Crippen LogP contribution in [-0.4, -0.2) is 37.3 Å². The number of carbonyl (C=O) groups is 2. The second-order valence-electron chi connectivity index (χ2n) is 8.39. The van der Waals surface area contributed by atoms with Gasteiger partial charge >= 0.3 is 0 Å². The molecule has 1 aromatic heterocycles. The number of phenolic OH excluding ortho intramolecular Hbond substituents is 1. The van der Waals surface area contributed by atoms with Crippen molar-refractivity contribution in [1.82, 2.24) is 20.6 Å². The highest BCUT2D eigenvalue weighted by molar-refractivity contribution is 6.09. The number of H-pyrrole nitrogens is 1. The van der Waals surface area contributed by atoms with E-state index < -0.39 is 0 Å². The Balaban J connectivity index is 1.35. The SMILES string of the molecule is CC(=O)c1ccc(OCc2ccc(C(=O)c3cccc(-c4nn[nH]n4)c3)cc2)c(-c2ccccc2)c1O. The number of phenols is 1. The first-order chi connectivity index (χ1) is 18.0. The van der Waals surface area contributed by atoms with Gasteiger partial charge in [-0.3, -0.25) is 9.59 Å². The Labute approximate surface area is 212 Å². The smallest absolute Gasteiger partial charge is 0.204 e. The molecule has 0 atom stereocenters. The molecule has 0 saturated carbocycles. The van der Waals surface area contributed by atoms with E-state index in [-0.39, 0.29) is 29.5 Å². The Morgan fingerprint density at radius 1 is 0.865 bits per heavy atom. The lowest BCUT2D eigenvalue weighted by Gasteiger charge is -2.15. The Hall–Kier alpha value is -5.11. The molecule has 0 aliphatic rings. The first-order valence-corrected chi connectivity index (χ1v) is 11.5. The normalized spacial score (nSPS) is 10.7. The summed E-state index contributed by atoms with van der Waals surface area (Å²) >= 11 is 0. The fourth-order valence-electron chi connectivity index (χ4n) is 4.02. The number of hydrogen-bond donors (Lipinski definition) is 2. The maximum Gasteiger partial charge on any atom is 0.204 e. The van der Waals surface area contributed by atoms with Gasteiger partial charge in [0.25, 0.3) is 0 Å². The standard InChI is InChI=1S/C29H22N4O4/c1-18(34)24-14-15-25(26(28(24)36)20-6-3-2-4-7-20)37-17-19-10-12-21(13-11-19)27(35)22-8-5-9-23(16-22)29-30-32-33-31-29/h2-16,36H,17H2,1H3,(H,30,31,32,33). The highest BCUT2D eigenvalue weighted by Crippen LogP contribution is 2.40. The number of aromatic nitrogens is 4. The van der Waals surface area contributed by atoms with E-state index in [1.807, 2.05) is 48.5 Å². The summed E-state index contributed by atoms with van der Waals surface area (Å²) in [5, 5.41) is 24.7. The number of rotatable bonds is 8. The molecule has 4 aromatic carbocycles. The van der Waals surface area contributed by atoms with E-state index in [9.17, 15) is 14.7 Å². The van der Waals surface area contributed by atoms with Crippen LogP contribution in [0.15, 0.2) is 91.0 Å². The van der Waals surface area contributed by atoms with Gasteiger partial charge < -0.3 is 9.84 Å². The second-order valence-corrected chi connectivity index (χ2v) is 8.39. The van der Waals surface area contributed by atoms with Crippen molar-refractivity contribution < 1.29 is 19.4 Å². The van der Waals surface area contributed by atoms with Crippen LogP contribution >= 0.6 is 0 Å². The van der Waals surface area contributed by atoms with Crippen molar-refractivity contribution >= 4 is 11.6 Å². The van der Waals surface area contributed by atoms with E-state index in [0.29, 0.717) is 33.8 Å². The molecule has 0 spiro atoms. The van der Waals surface area contributed by atoms with Crippen LogP contribution in [0.5, 0.6) is 11.5 Å². The molecule has 0 bridgehead atoms. The summed E-state index contributed by atoms with van der Waals surface area (Å²) in [4.78, 5) is 25.0. The predicted molar refractivity (Wildman–Crippen MR) is 137 cm³/mol. The van der Waals surface area contributed by atoms with Crippen molar-refractivity contribution in [3.8, 4) is 34.0 Å². The van der Waals surface area contributed by atoms with Gasteiger partial charge in [-0.15, -0.1) is 10.2 Å². The molecule has 8 nitrogen and oxygen atoms in total. The van der Waals surface area contributed by atoms with Gasteiger partial charge in [0.15, 0.2) is 11.6 Å². The molecule has 5 rings (SSSR count). The number of aromatic amines is 1. The molecule has 0 fully saturated rings. The number of carbonyl (C=O) groups excluding carboxylic acids is 2. The van der Waals surface area contributed by atoms with Crippen molar-refractivity contribution in [1.29, 1.82) is 0 Å². The van der Waals surface area contributed by atoms with Gasteiger partial charge in [0.2, 0.25) is 5.82 Å². The van der Waals surface area contributed by atoms with Crippen molar-refractivity contribution in [3.63, 3.8) is 0 Å². The Morgan fingerprint density at radius 2 is 1.62 bits per heavy atom. The molecule has 0 radical (unpaired) electrons. The van der Waals surface area contributed by atoms with Crippen LogP contribution in [0.3, 0.4) is 0 Å². The lowest BCUT2D eigenvalue weighted by Crippen LogP contribution is -2.03. The lowest BCUT2D eigenvalue weighted by atomic mass is 9.98. The first-order valence-electron chi connectivity index (χ1n) is 11.5. The molecule has 0 aliphatic heterocycles. The van der Waals surface area contributed by atoms with Gasteiger partial charge in [-0.05, 0) is 41.5 Å². The quantitative estimate of drug-likeness (QED) is 0.285. The molecule has 0 amide bonds. The third-order valence-corrected chi connectivity index (χ3v) is 5.92. The van der Waals surface area contributed by atoms with E-state index in [0.717, 1.165) is 11.1 Å². The summed E-state index contributed by atoms with van der Waals surface area (Å²) in [5.41, 5.74) is 4.01. The first kappa shape index (κ1) is 23.6. The van der Waals surface area contributed by atoms with Crippen molar-refractivity contribution in [2.45, 2.75) is 13.5 Å². The predicted octanol–water partition coefficient (Wildman–Crippen LogP) is 5.25. The number of tetrazole rings is 1. The topological polar surface area (TPSA) is 118 Å². The minimum absolute atomic E-state index is 0.111. The summed E-state index contributed by atoms with van der Waals surface area (Å²) in [6.07, 6.45) is 0. The number of Topliss-reactive ketones (excluding diaryl/α,β-unsaturated/α-hetero) is 1. The number of ether oxygens (including phenoxy) is 1. The Bertz CT molecular complexity index is 1560. The zero-order valence-corrected chi connectivity index (χ0v) is 19.9. The highest BCUT2D eigenvalue weighted by Gasteiger charge is 2.18. The van der Waals surface area contributed by atoms with Gasteiger partial charge in [-0.25, -0.2) is 0 Å². The molecule has 0 saturated heterocycles. The molecular formula is C29H22N4O4. The number of hydrogen-bond acceptors (Lipinski definition) is 7. The zero-order valence-electron chi connectivity index (χ0n) is 19.9. The molecule has 0 unspecified atom stereocenters. The maximum atomic E-state index is 13.0. The minimum Gasteiger partial charge on any atom is -0.506 e. The van der Waals surface area contributed by atoms with Crippen molar-refractivity contribution in [2.75, 3.05) is 0 Å². The molecule has 2 N–H and O–H groups in total. The van der Waals surface area contributed by atoms with Crippen LogP contribution in [0.1, 0.15) is 38.8 Å². The van der Waals surface area contributed by atoms with Gasteiger partial charge in [0.05, 0.1) is 11.1 Å². The summed E-state index contributed by atoms with van der Waals surface area (Å²) in [7, 11) is 0. The number of nitrogens with zero attached hydrogens (tertiary/aromatic N) is 3. The lowest BCUT2D eigenvalue weighted by molar-refractivity contribution is 0.101. The number of nitrogens with one attached hydrogen (secondary N) is 1. The zero-order chi connectivity index (χ0) is 25.8. The van der Waals surface area contributed by atoms with E-state index in [2.05, 4.69) is 20.6 Å². The van der Waals surface area contributed by atoms with Crippen LogP contribution in [0, 0.1) is 0 Å². The largest absolute Gasteiger partial charge is 0.506 e. The average molecular weight is 491 g/mol. The summed E-state index contributed by atoms with van der Waals surface area (Å²) in [6.45, 7) is 1.62. The van der Waals surface area contributed by atoms with E-state index in [1.165, 1.54) is 6.92 Å². The molecular weight excluding hydrogens is 468 g/mol. The van der Waals surface area contributed by atoms with E-state index in [1.54, 1.807) is 42.5 Å². The van der Waals surface area contributed by atoms with Gasteiger partial charge in [-0.2, -0.15) is 5.21 Å². The van der Waals surface area contributed by atoms with Gasteiger partial charge in [0.1, 0.15) is 18.1 Å². The maximum absolute atomic E-state index is 13.0. The van der Waals surface area contributed by atoms with Crippen molar-refractivity contribution in [3.05, 3.63) is 113 Å². The number of benzene rings is 4. The monoisotopic (exact) mass is 490 g/mol. The van der Waals surface area contributed by atoms with E-state index in [4.69, 9.17) is 4.74 Å². The molecule has 5 aromatic rings. The van der Waals surface area contributed by atoms with Crippen molar-refractivity contribution in [2.24, 2.45) is 0 Å². The van der Waals surface area contributed by atoms with Gasteiger partial charge in [-0.1, -0.05) is 72.8 Å². The molecule has 8 heteroatoms. The summed E-state index contributed by atoms with van der Waals surface area (Å²) in [5.74, 6) is 0.393. The fraction of sp³-hybridized carbons (Fsp3) is 0.0690. The van der Waals surface area contributed by atoms with Crippen LogP contribution in [0.25, 0.3) is 22.5 Å². The summed E-state index contributed by atoms with van der Waals surface area (Å²) < 4.78 is 6.06.